The van der Waals surface area contributed by atoms with Crippen molar-refractivity contribution in [1.82, 2.24) is 0 Å². The zero-order valence-electron chi connectivity index (χ0n) is 13.2. The van der Waals surface area contributed by atoms with Crippen LogP contribution in [0.25, 0.3) is 0 Å². The average molecular weight is 314 g/mol. The maximum atomic E-state index is 9.78. The summed E-state index contributed by atoms with van der Waals surface area (Å²) in [6.07, 6.45) is 4.66. The molecule has 5 nitrogen and oxygen atoms in total. The Balaban J connectivity index is 1.79. The Morgan fingerprint density at radius 1 is 1.17 bits per heavy atom. The van der Waals surface area contributed by atoms with Gasteiger partial charge in [-0.3, -0.25) is 0 Å². The minimum atomic E-state index is -0.0368. The first-order valence-corrected chi connectivity index (χ1v) is 8.34. The Morgan fingerprint density at radius 2 is 2.00 bits per heavy atom. The van der Waals surface area contributed by atoms with Gasteiger partial charge >= 0.3 is 0 Å². The third-order valence-electron chi connectivity index (χ3n) is 6.60. The summed E-state index contributed by atoms with van der Waals surface area (Å²) in [5.74, 6) is 1.48. The van der Waals surface area contributed by atoms with Gasteiger partial charge in [-0.25, -0.2) is 0 Å². The van der Waals surface area contributed by atoms with Crippen molar-refractivity contribution in [1.29, 1.82) is 0 Å². The molecule has 2 fully saturated rings. The number of oxime groups is 2. The molecule has 23 heavy (non-hydrogen) atoms. The molecule has 0 bridgehead atoms. The summed E-state index contributed by atoms with van der Waals surface area (Å²) in [5.41, 5.74) is 3.62. The van der Waals surface area contributed by atoms with Crippen LogP contribution in [-0.4, -0.2) is 26.9 Å². The summed E-state index contributed by atoms with van der Waals surface area (Å²) in [7, 11) is 0. The van der Waals surface area contributed by atoms with Crippen molar-refractivity contribution >= 4 is 11.4 Å². The van der Waals surface area contributed by atoms with Crippen molar-refractivity contribution in [3.8, 4) is 5.75 Å². The first kappa shape index (κ1) is 14.5. The van der Waals surface area contributed by atoms with Gasteiger partial charge in [0, 0.05) is 11.0 Å². The monoisotopic (exact) mass is 314 g/mol. The number of phenols is 1. The van der Waals surface area contributed by atoms with Gasteiger partial charge in [0.2, 0.25) is 0 Å². The number of benzene rings is 1. The first-order valence-electron chi connectivity index (χ1n) is 8.34. The normalized spacial score (nSPS) is 39.1. The molecule has 1 aromatic carbocycles. The van der Waals surface area contributed by atoms with Crippen LogP contribution in [-0.2, 0) is 0 Å². The largest absolute Gasteiger partial charge is 0.508 e. The van der Waals surface area contributed by atoms with Crippen LogP contribution in [0.2, 0.25) is 0 Å². The molecular formula is C18H22N2O3. The lowest BCUT2D eigenvalue weighted by Crippen LogP contribution is -2.43. The van der Waals surface area contributed by atoms with Crippen molar-refractivity contribution in [3.05, 3.63) is 29.3 Å². The topological polar surface area (TPSA) is 85.4 Å². The molecule has 0 aliphatic heterocycles. The molecule has 4 atom stereocenters. The highest BCUT2D eigenvalue weighted by Crippen LogP contribution is 2.59. The molecule has 0 saturated heterocycles. The van der Waals surface area contributed by atoms with Gasteiger partial charge in [-0.1, -0.05) is 23.3 Å². The van der Waals surface area contributed by atoms with Crippen molar-refractivity contribution in [2.24, 2.45) is 27.6 Å². The number of hydrogen-bond acceptors (Lipinski definition) is 5. The predicted octanol–water partition coefficient (Wildman–Crippen LogP) is 3.71. The third kappa shape index (κ3) is 1.92. The van der Waals surface area contributed by atoms with E-state index in [2.05, 4.69) is 17.2 Å². The highest BCUT2D eigenvalue weighted by Gasteiger charge is 2.54. The molecule has 0 heterocycles. The molecule has 3 aliphatic rings. The summed E-state index contributed by atoms with van der Waals surface area (Å²) in [6.45, 7) is 2.22. The maximum Gasteiger partial charge on any atom is 0.116 e. The van der Waals surface area contributed by atoms with Gasteiger partial charge in [0.15, 0.2) is 0 Å². The number of fused-ring (bicyclic) bond motifs is 5. The number of nitrogens with zero attached hydrogens (tertiary/aromatic N) is 2. The minimum absolute atomic E-state index is 0.0368. The molecule has 0 amide bonds. The van der Waals surface area contributed by atoms with E-state index in [1.807, 2.05) is 6.07 Å². The fourth-order valence-corrected chi connectivity index (χ4v) is 5.46. The summed E-state index contributed by atoms with van der Waals surface area (Å²) in [5, 5.41) is 35.7. The van der Waals surface area contributed by atoms with Gasteiger partial charge in [0.1, 0.15) is 5.75 Å². The first-order chi connectivity index (χ1) is 11.1. The van der Waals surface area contributed by atoms with Crippen LogP contribution in [0, 0.1) is 17.3 Å². The van der Waals surface area contributed by atoms with Crippen molar-refractivity contribution in [2.75, 3.05) is 0 Å². The van der Waals surface area contributed by atoms with E-state index < -0.39 is 0 Å². The minimum Gasteiger partial charge on any atom is -0.508 e. The van der Waals surface area contributed by atoms with Gasteiger partial charge in [-0.15, -0.1) is 0 Å². The number of rotatable bonds is 0. The average Bonchev–Trinajstić information content (AvgIpc) is 2.90. The van der Waals surface area contributed by atoms with E-state index in [0.717, 1.165) is 43.4 Å². The van der Waals surface area contributed by atoms with Crippen LogP contribution in [0.3, 0.4) is 0 Å². The van der Waals surface area contributed by atoms with Gasteiger partial charge in [-0.05, 0) is 67.6 Å². The Labute approximate surface area is 135 Å². The molecule has 0 spiro atoms. The van der Waals surface area contributed by atoms with Crippen molar-refractivity contribution in [2.45, 2.75) is 44.9 Å². The summed E-state index contributed by atoms with van der Waals surface area (Å²) < 4.78 is 0. The van der Waals surface area contributed by atoms with Crippen LogP contribution in [0.15, 0.2) is 28.5 Å². The van der Waals surface area contributed by atoms with E-state index >= 15 is 0 Å². The molecule has 3 aliphatic carbocycles. The Kier molecular flexibility index (Phi) is 3.15. The lowest BCUT2D eigenvalue weighted by molar-refractivity contribution is 0.108. The van der Waals surface area contributed by atoms with Gasteiger partial charge in [0.05, 0.1) is 11.4 Å². The quantitative estimate of drug-likeness (QED) is 0.504. The smallest absolute Gasteiger partial charge is 0.116 e. The Bertz CT molecular complexity index is 712. The van der Waals surface area contributed by atoms with E-state index in [0.29, 0.717) is 23.5 Å². The number of hydrogen-bond donors (Lipinski definition) is 3. The van der Waals surface area contributed by atoms with E-state index in [9.17, 15) is 15.5 Å². The number of aromatic hydroxyl groups is 1. The molecule has 0 radical (unpaired) electrons. The molecule has 2 saturated carbocycles. The van der Waals surface area contributed by atoms with Crippen LogP contribution in [0.4, 0.5) is 0 Å². The molecule has 0 aromatic heterocycles. The van der Waals surface area contributed by atoms with Crippen molar-refractivity contribution < 1.29 is 15.5 Å². The fraction of sp³-hybridized carbons (Fsp3) is 0.556. The highest BCUT2D eigenvalue weighted by molar-refractivity contribution is 6.03. The zero-order valence-corrected chi connectivity index (χ0v) is 13.2. The van der Waals surface area contributed by atoms with E-state index in [4.69, 9.17) is 0 Å². The second-order valence-electron chi connectivity index (χ2n) is 7.44. The van der Waals surface area contributed by atoms with E-state index in [1.54, 1.807) is 12.1 Å². The summed E-state index contributed by atoms with van der Waals surface area (Å²) in [6, 6.07) is 5.41. The van der Waals surface area contributed by atoms with Crippen LogP contribution in [0.1, 0.15) is 56.1 Å². The standard InChI is InChI=1S/C18H22N2O3/c1-18-7-6-12-11-3-2-10(21)8-14(11)16(19-22)9-13(12)15(18)4-5-17(18)20-23/h2-3,8,12-13,15,21-23H,4-7,9H2,1H3/b19-16+,20-17+/t12?,13?,15?,18-/m0/s1. The second kappa shape index (κ2) is 4.98. The van der Waals surface area contributed by atoms with E-state index in [-0.39, 0.29) is 11.2 Å². The van der Waals surface area contributed by atoms with Gasteiger partial charge in [-0.2, -0.15) is 0 Å². The lowest BCUT2D eigenvalue weighted by Gasteiger charge is -2.48. The van der Waals surface area contributed by atoms with Crippen molar-refractivity contribution in [3.63, 3.8) is 0 Å². The third-order valence-corrected chi connectivity index (χ3v) is 6.60. The Morgan fingerprint density at radius 3 is 2.74 bits per heavy atom. The van der Waals surface area contributed by atoms with Gasteiger partial charge in [0.25, 0.3) is 0 Å². The molecule has 4 rings (SSSR count). The predicted molar refractivity (Wildman–Crippen MR) is 86.6 cm³/mol. The Hall–Kier alpha value is -2.04. The second-order valence-corrected chi connectivity index (χ2v) is 7.44. The summed E-state index contributed by atoms with van der Waals surface area (Å²) >= 11 is 0. The molecule has 1 aromatic rings. The molecule has 3 N–H and O–H groups in total. The van der Waals surface area contributed by atoms with Crippen LogP contribution < -0.4 is 0 Å². The summed E-state index contributed by atoms with van der Waals surface area (Å²) in [4.78, 5) is 0. The maximum absolute atomic E-state index is 9.78. The SMILES string of the molecule is C[C@]12CCC3c4ccc(O)cc4/C(=N/O)CC3C1CC/C2=N\O. The highest BCUT2D eigenvalue weighted by atomic mass is 16.4. The molecule has 122 valence electrons. The molecular weight excluding hydrogens is 292 g/mol. The van der Waals surface area contributed by atoms with Gasteiger partial charge < -0.3 is 15.5 Å². The van der Waals surface area contributed by atoms with Crippen LogP contribution in [0.5, 0.6) is 5.75 Å². The van der Waals surface area contributed by atoms with E-state index in [1.165, 1.54) is 5.56 Å². The molecule has 3 unspecified atom stereocenters. The fourth-order valence-electron chi connectivity index (χ4n) is 5.46. The molecule has 5 heteroatoms. The number of phenolic OH excluding ortho intramolecular Hbond substituents is 1. The van der Waals surface area contributed by atoms with Crippen LogP contribution >= 0.6 is 0 Å². The lowest BCUT2D eigenvalue weighted by atomic mass is 9.55. The zero-order chi connectivity index (χ0) is 16.2.